The first-order valence-electron chi connectivity index (χ1n) is 6.27. The standard InChI is InChI=1S/C15H20N2O3/c1-16(2)14(18)11-17(3)10-13-7-5-4-6-12(13)8-9-15(19)20/h4-9H,10-11H2,1-3H3,(H,19,20). The number of likely N-dealkylation sites (N-methyl/N-ethyl adjacent to an activating group) is 2. The SMILES string of the molecule is CN(CC(=O)N(C)C)Cc1ccccc1C=CC(=O)O. The Labute approximate surface area is 119 Å². The van der Waals surface area contributed by atoms with Gasteiger partial charge in [0.2, 0.25) is 5.91 Å². The van der Waals surface area contributed by atoms with Crippen LogP contribution >= 0.6 is 0 Å². The number of nitrogens with zero attached hydrogens (tertiary/aromatic N) is 2. The average molecular weight is 276 g/mol. The third-order valence-corrected chi connectivity index (χ3v) is 2.80. The molecule has 0 saturated heterocycles. The fourth-order valence-electron chi connectivity index (χ4n) is 1.72. The van der Waals surface area contributed by atoms with Gasteiger partial charge in [-0.2, -0.15) is 0 Å². The molecule has 5 nitrogen and oxygen atoms in total. The molecule has 0 aliphatic carbocycles. The third kappa shape index (κ3) is 5.24. The van der Waals surface area contributed by atoms with Gasteiger partial charge in [0.25, 0.3) is 0 Å². The van der Waals surface area contributed by atoms with Crippen LogP contribution in [0.5, 0.6) is 0 Å². The van der Waals surface area contributed by atoms with E-state index in [9.17, 15) is 9.59 Å². The molecule has 20 heavy (non-hydrogen) atoms. The van der Waals surface area contributed by atoms with Crippen molar-refractivity contribution >= 4 is 18.0 Å². The van der Waals surface area contributed by atoms with Crippen LogP contribution in [0.1, 0.15) is 11.1 Å². The van der Waals surface area contributed by atoms with Crippen molar-refractivity contribution in [1.82, 2.24) is 9.80 Å². The van der Waals surface area contributed by atoms with E-state index in [4.69, 9.17) is 5.11 Å². The molecule has 1 rings (SSSR count). The van der Waals surface area contributed by atoms with Crippen molar-refractivity contribution in [3.8, 4) is 0 Å². The third-order valence-electron chi connectivity index (χ3n) is 2.80. The monoisotopic (exact) mass is 276 g/mol. The Balaban J connectivity index is 2.77. The summed E-state index contributed by atoms with van der Waals surface area (Å²) in [7, 11) is 5.30. The maximum absolute atomic E-state index is 11.6. The molecule has 0 aromatic heterocycles. The fraction of sp³-hybridized carbons (Fsp3) is 0.333. The molecule has 0 bridgehead atoms. The van der Waals surface area contributed by atoms with Crippen molar-refractivity contribution in [2.45, 2.75) is 6.54 Å². The lowest BCUT2D eigenvalue weighted by Crippen LogP contribution is -2.34. The summed E-state index contributed by atoms with van der Waals surface area (Å²) in [5.41, 5.74) is 1.83. The zero-order valence-corrected chi connectivity index (χ0v) is 12.0. The van der Waals surface area contributed by atoms with E-state index in [1.165, 1.54) is 0 Å². The van der Waals surface area contributed by atoms with Crippen molar-refractivity contribution < 1.29 is 14.7 Å². The number of aliphatic carboxylic acids is 1. The summed E-state index contributed by atoms with van der Waals surface area (Å²) < 4.78 is 0. The van der Waals surface area contributed by atoms with E-state index in [-0.39, 0.29) is 5.91 Å². The first kappa shape index (κ1) is 15.9. The Morgan fingerprint density at radius 2 is 1.85 bits per heavy atom. The average Bonchev–Trinajstić information content (AvgIpc) is 2.37. The van der Waals surface area contributed by atoms with Crippen molar-refractivity contribution in [2.75, 3.05) is 27.7 Å². The molecule has 0 saturated carbocycles. The molecule has 0 radical (unpaired) electrons. The molecule has 0 aliphatic heterocycles. The maximum Gasteiger partial charge on any atom is 0.328 e. The van der Waals surface area contributed by atoms with Crippen LogP contribution < -0.4 is 0 Å². The summed E-state index contributed by atoms with van der Waals surface area (Å²) in [4.78, 5) is 25.7. The molecule has 0 heterocycles. The van der Waals surface area contributed by atoms with Crippen LogP contribution in [0.4, 0.5) is 0 Å². The van der Waals surface area contributed by atoms with E-state index in [0.717, 1.165) is 17.2 Å². The molecule has 1 aromatic rings. The number of carbonyl (C=O) groups is 2. The second kappa shape index (κ2) is 7.45. The van der Waals surface area contributed by atoms with Crippen LogP contribution in [0.25, 0.3) is 6.08 Å². The Kier molecular flexibility index (Phi) is 5.93. The predicted octanol–water partition coefficient (Wildman–Crippen LogP) is 1.30. The van der Waals surface area contributed by atoms with E-state index in [1.54, 1.807) is 25.1 Å². The van der Waals surface area contributed by atoms with Crippen LogP contribution in [-0.2, 0) is 16.1 Å². The van der Waals surface area contributed by atoms with E-state index in [0.29, 0.717) is 13.1 Å². The van der Waals surface area contributed by atoms with Crippen molar-refractivity contribution in [3.63, 3.8) is 0 Å². The Bertz CT molecular complexity index is 510. The van der Waals surface area contributed by atoms with Gasteiger partial charge in [-0.05, 0) is 24.3 Å². The van der Waals surface area contributed by atoms with Gasteiger partial charge in [-0.1, -0.05) is 24.3 Å². The van der Waals surface area contributed by atoms with Gasteiger partial charge < -0.3 is 10.0 Å². The van der Waals surface area contributed by atoms with Gasteiger partial charge in [0.1, 0.15) is 0 Å². The number of hydrogen-bond donors (Lipinski definition) is 1. The fourth-order valence-corrected chi connectivity index (χ4v) is 1.72. The smallest absolute Gasteiger partial charge is 0.328 e. The lowest BCUT2D eigenvalue weighted by atomic mass is 10.1. The lowest BCUT2D eigenvalue weighted by Gasteiger charge is -2.19. The highest BCUT2D eigenvalue weighted by Gasteiger charge is 2.10. The molecular formula is C15H20N2O3. The van der Waals surface area contributed by atoms with Crippen LogP contribution in [-0.4, -0.2) is 54.5 Å². The van der Waals surface area contributed by atoms with E-state index in [1.807, 2.05) is 36.2 Å². The summed E-state index contributed by atoms with van der Waals surface area (Å²) in [5, 5.41) is 8.68. The molecule has 0 atom stereocenters. The molecule has 0 unspecified atom stereocenters. The highest BCUT2D eigenvalue weighted by atomic mass is 16.4. The minimum Gasteiger partial charge on any atom is -0.478 e. The van der Waals surface area contributed by atoms with Crippen LogP contribution in [0.3, 0.4) is 0 Å². The van der Waals surface area contributed by atoms with Gasteiger partial charge in [0.15, 0.2) is 0 Å². The lowest BCUT2D eigenvalue weighted by molar-refractivity contribution is -0.131. The predicted molar refractivity (Wildman–Crippen MR) is 78.1 cm³/mol. The van der Waals surface area contributed by atoms with E-state index in [2.05, 4.69) is 0 Å². The van der Waals surface area contributed by atoms with Gasteiger partial charge in [0, 0.05) is 26.7 Å². The van der Waals surface area contributed by atoms with Gasteiger partial charge in [-0.15, -0.1) is 0 Å². The van der Waals surface area contributed by atoms with Gasteiger partial charge in [-0.3, -0.25) is 9.69 Å². The highest BCUT2D eigenvalue weighted by Crippen LogP contribution is 2.13. The molecule has 108 valence electrons. The summed E-state index contributed by atoms with van der Waals surface area (Å²) in [6.07, 6.45) is 2.68. The number of benzene rings is 1. The number of carbonyl (C=O) groups excluding carboxylic acids is 1. The normalized spacial score (nSPS) is 11.0. The molecule has 5 heteroatoms. The molecule has 0 fully saturated rings. The second-order valence-corrected chi connectivity index (χ2v) is 4.83. The van der Waals surface area contributed by atoms with Gasteiger partial charge in [0.05, 0.1) is 6.54 Å². The zero-order chi connectivity index (χ0) is 15.1. The number of carboxylic acids is 1. The molecule has 1 N–H and O–H groups in total. The second-order valence-electron chi connectivity index (χ2n) is 4.83. The van der Waals surface area contributed by atoms with E-state index >= 15 is 0 Å². The first-order valence-corrected chi connectivity index (χ1v) is 6.27. The summed E-state index contributed by atoms with van der Waals surface area (Å²) in [5.74, 6) is -0.943. The summed E-state index contributed by atoms with van der Waals surface area (Å²) >= 11 is 0. The number of rotatable bonds is 6. The number of amides is 1. The first-order chi connectivity index (χ1) is 9.40. The van der Waals surface area contributed by atoms with Crippen molar-refractivity contribution in [3.05, 3.63) is 41.5 Å². The van der Waals surface area contributed by atoms with Gasteiger partial charge >= 0.3 is 5.97 Å². The topological polar surface area (TPSA) is 60.9 Å². The van der Waals surface area contributed by atoms with Crippen molar-refractivity contribution in [2.24, 2.45) is 0 Å². The maximum atomic E-state index is 11.6. The minimum atomic E-state index is -0.976. The van der Waals surface area contributed by atoms with Crippen molar-refractivity contribution in [1.29, 1.82) is 0 Å². The minimum absolute atomic E-state index is 0.0334. The highest BCUT2D eigenvalue weighted by molar-refractivity contribution is 5.85. The van der Waals surface area contributed by atoms with E-state index < -0.39 is 5.97 Å². The number of carboxylic acid groups (broad SMARTS) is 1. The molecule has 1 amide bonds. The Morgan fingerprint density at radius 3 is 2.45 bits per heavy atom. The number of hydrogen-bond acceptors (Lipinski definition) is 3. The molecule has 0 aliphatic rings. The Hall–Kier alpha value is -2.14. The van der Waals surface area contributed by atoms with Crippen LogP contribution in [0.15, 0.2) is 30.3 Å². The molecular weight excluding hydrogens is 256 g/mol. The quantitative estimate of drug-likeness (QED) is 0.796. The largest absolute Gasteiger partial charge is 0.478 e. The molecule has 1 aromatic carbocycles. The zero-order valence-electron chi connectivity index (χ0n) is 12.0. The summed E-state index contributed by atoms with van der Waals surface area (Å²) in [6, 6.07) is 7.54. The van der Waals surface area contributed by atoms with Crippen LogP contribution in [0, 0.1) is 0 Å². The van der Waals surface area contributed by atoms with Gasteiger partial charge in [-0.25, -0.2) is 4.79 Å². The van der Waals surface area contributed by atoms with Crippen LogP contribution in [0.2, 0.25) is 0 Å². The Morgan fingerprint density at radius 1 is 1.20 bits per heavy atom. The molecule has 0 spiro atoms. The summed E-state index contributed by atoms with van der Waals surface area (Å²) in [6.45, 7) is 0.906.